The van der Waals surface area contributed by atoms with E-state index in [1.54, 1.807) is 12.1 Å². The zero-order chi connectivity index (χ0) is 14.8. The third-order valence-electron chi connectivity index (χ3n) is 3.33. The molecular formula is C16H14Br2FNO. The van der Waals surface area contributed by atoms with Crippen LogP contribution in [0.4, 0.5) is 4.39 Å². The van der Waals surface area contributed by atoms with Crippen molar-refractivity contribution in [3.63, 3.8) is 0 Å². The van der Waals surface area contributed by atoms with E-state index in [9.17, 15) is 4.39 Å². The Morgan fingerprint density at radius 3 is 2.67 bits per heavy atom. The number of halogens is 3. The monoisotopic (exact) mass is 413 g/mol. The smallest absolute Gasteiger partial charge is 0.141 e. The summed E-state index contributed by atoms with van der Waals surface area (Å²) >= 11 is 6.86. The van der Waals surface area contributed by atoms with E-state index >= 15 is 0 Å². The van der Waals surface area contributed by atoms with Crippen LogP contribution in [0, 0.1) is 5.82 Å². The lowest BCUT2D eigenvalue weighted by Crippen LogP contribution is -2.16. The maximum Gasteiger partial charge on any atom is 0.141 e. The second-order valence-corrected chi connectivity index (χ2v) is 6.82. The van der Waals surface area contributed by atoms with Crippen LogP contribution in [0.2, 0.25) is 0 Å². The number of nitrogens with one attached hydrogen (secondary N) is 1. The van der Waals surface area contributed by atoms with Gasteiger partial charge in [-0.2, -0.15) is 0 Å². The summed E-state index contributed by atoms with van der Waals surface area (Å²) in [7, 11) is 0. The molecule has 1 saturated carbocycles. The molecule has 1 fully saturated rings. The van der Waals surface area contributed by atoms with Gasteiger partial charge in [0.25, 0.3) is 0 Å². The SMILES string of the molecule is Fc1cccc(Oc2ccc(Br)cc2Br)c1CNC1CC1. The van der Waals surface area contributed by atoms with Gasteiger partial charge in [0.05, 0.1) is 4.47 Å². The summed E-state index contributed by atoms with van der Waals surface area (Å²) in [5.41, 5.74) is 0.569. The molecular weight excluding hydrogens is 401 g/mol. The first-order chi connectivity index (χ1) is 10.1. The summed E-state index contributed by atoms with van der Waals surface area (Å²) < 4.78 is 21.7. The lowest BCUT2D eigenvalue weighted by molar-refractivity contribution is 0.459. The molecule has 5 heteroatoms. The van der Waals surface area contributed by atoms with Crippen molar-refractivity contribution in [3.05, 3.63) is 56.7 Å². The first kappa shape index (κ1) is 15.0. The number of hydrogen-bond acceptors (Lipinski definition) is 2. The van der Waals surface area contributed by atoms with E-state index in [0.717, 1.165) is 8.95 Å². The topological polar surface area (TPSA) is 21.3 Å². The van der Waals surface area contributed by atoms with E-state index < -0.39 is 0 Å². The summed E-state index contributed by atoms with van der Waals surface area (Å²) in [6, 6.07) is 11.1. The average Bonchev–Trinajstić information content (AvgIpc) is 3.25. The summed E-state index contributed by atoms with van der Waals surface area (Å²) in [4.78, 5) is 0. The summed E-state index contributed by atoms with van der Waals surface area (Å²) in [6.07, 6.45) is 2.34. The lowest BCUT2D eigenvalue weighted by Gasteiger charge is -2.14. The van der Waals surface area contributed by atoms with Gasteiger partial charge < -0.3 is 10.1 Å². The second kappa shape index (κ2) is 6.46. The van der Waals surface area contributed by atoms with E-state index in [0.29, 0.717) is 29.6 Å². The number of hydrogen-bond donors (Lipinski definition) is 1. The lowest BCUT2D eigenvalue weighted by atomic mass is 10.2. The zero-order valence-electron chi connectivity index (χ0n) is 11.2. The van der Waals surface area contributed by atoms with Crippen molar-refractivity contribution in [2.45, 2.75) is 25.4 Å². The molecule has 0 atom stereocenters. The fraction of sp³-hybridized carbons (Fsp3) is 0.250. The van der Waals surface area contributed by atoms with E-state index in [-0.39, 0.29) is 5.82 Å². The van der Waals surface area contributed by atoms with Crippen molar-refractivity contribution in [2.24, 2.45) is 0 Å². The van der Waals surface area contributed by atoms with E-state index in [1.807, 2.05) is 18.2 Å². The van der Waals surface area contributed by atoms with Crippen LogP contribution in [0.1, 0.15) is 18.4 Å². The van der Waals surface area contributed by atoms with Crippen molar-refractivity contribution in [3.8, 4) is 11.5 Å². The van der Waals surface area contributed by atoms with Gasteiger partial charge in [0.2, 0.25) is 0 Å². The molecule has 0 heterocycles. The highest BCUT2D eigenvalue weighted by Crippen LogP contribution is 2.34. The van der Waals surface area contributed by atoms with Crippen molar-refractivity contribution in [1.29, 1.82) is 0 Å². The van der Waals surface area contributed by atoms with Crippen LogP contribution in [-0.2, 0) is 6.54 Å². The highest BCUT2D eigenvalue weighted by molar-refractivity contribution is 9.11. The Morgan fingerprint density at radius 1 is 1.14 bits per heavy atom. The predicted octanol–water partition coefficient (Wildman–Crippen LogP) is 5.40. The Hall–Kier alpha value is -0.910. The Labute approximate surface area is 140 Å². The van der Waals surface area contributed by atoms with Crippen LogP contribution in [0.5, 0.6) is 11.5 Å². The molecule has 0 spiro atoms. The molecule has 2 aromatic rings. The van der Waals surface area contributed by atoms with E-state index in [2.05, 4.69) is 37.2 Å². The third-order valence-corrected chi connectivity index (χ3v) is 4.45. The molecule has 21 heavy (non-hydrogen) atoms. The van der Waals surface area contributed by atoms with Crippen molar-refractivity contribution < 1.29 is 9.13 Å². The van der Waals surface area contributed by atoms with Gasteiger partial charge in [0, 0.05) is 22.6 Å². The standard InChI is InChI=1S/C16H14Br2FNO/c17-10-4-7-16(13(18)8-10)21-15-3-1-2-14(19)12(15)9-20-11-5-6-11/h1-4,7-8,11,20H,5-6,9H2. The molecule has 1 N–H and O–H groups in total. The predicted molar refractivity (Wildman–Crippen MR) is 88.2 cm³/mol. The van der Waals surface area contributed by atoms with Crippen LogP contribution < -0.4 is 10.1 Å². The molecule has 2 nitrogen and oxygen atoms in total. The highest BCUT2D eigenvalue weighted by atomic mass is 79.9. The number of rotatable bonds is 5. The summed E-state index contributed by atoms with van der Waals surface area (Å²) in [6.45, 7) is 0.487. The van der Waals surface area contributed by atoms with Gasteiger partial charge in [-0.3, -0.25) is 0 Å². The molecule has 110 valence electrons. The molecule has 0 aromatic heterocycles. The summed E-state index contributed by atoms with van der Waals surface area (Å²) in [5.74, 6) is 0.969. The molecule has 2 aromatic carbocycles. The minimum absolute atomic E-state index is 0.242. The third kappa shape index (κ3) is 3.84. The molecule has 0 saturated heterocycles. The fourth-order valence-corrected chi connectivity index (χ4v) is 3.14. The maximum absolute atomic E-state index is 14.0. The van der Waals surface area contributed by atoms with E-state index in [1.165, 1.54) is 18.9 Å². The van der Waals surface area contributed by atoms with Gasteiger partial charge in [-0.15, -0.1) is 0 Å². The first-order valence-electron chi connectivity index (χ1n) is 6.77. The van der Waals surface area contributed by atoms with Crippen LogP contribution in [-0.4, -0.2) is 6.04 Å². The maximum atomic E-state index is 14.0. The van der Waals surface area contributed by atoms with Crippen molar-refractivity contribution >= 4 is 31.9 Å². The molecule has 0 aliphatic heterocycles. The molecule has 0 radical (unpaired) electrons. The van der Waals surface area contributed by atoms with E-state index in [4.69, 9.17) is 4.74 Å². The van der Waals surface area contributed by atoms with Crippen LogP contribution in [0.25, 0.3) is 0 Å². The Balaban J connectivity index is 1.84. The van der Waals surface area contributed by atoms with Gasteiger partial charge in [0.15, 0.2) is 0 Å². The van der Waals surface area contributed by atoms with Crippen LogP contribution in [0.3, 0.4) is 0 Å². The van der Waals surface area contributed by atoms with Gasteiger partial charge in [-0.25, -0.2) is 4.39 Å². The van der Waals surface area contributed by atoms with Crippen LogP contribution >= 0.6 is 31.9 Å². The fourth-order valence-electron chi connectivity index (χ4n) is 2.02. The van der Waals surface area contributed by atoms with Gasteiger partial charge in [0.1, 0.15) is 17.3 Å². The van der Waals surface area contributed by atoms with Crippen molar-refractivity contribution in [1.82, 2.24) is 5.32 Å². The Morgan fingerprint density at radius 2 is 1.95 bits per heavy atom. The number of benzene rings is 2. The largest absolute Gasteiger partial charge is 0.456 e. The molecule has 0 bridgehead atoms. The first-order valence-corrected chi connectivity index (χ1v) is 8.36. The van der Waals surface area contributed by atoms with Gasteiger partial charge >= 0.3 is 0 Å². The molecule has 1 aliphatic carbocycles. The molecule has 0 amide bonds. The molecule has 0 unspecified atom stereocenters. The summed E-state index contributed by atoms with van der Waals surface area (Å²) in [5, 5.41) is 3.32. The normalized spacial score (nSPS) is 14.2. The van der Waals surface area contributed by atoms with Crippen LogP contribution in [0.15, 0.2) is 45.3 Å². The minimum atomic E-state index is -0.242. The second-order valence-electron chi connectivity index (χ2n) is 5.05. The van der Waals surface area contributed by atoms with Gasteiger partial charge in [-0.05, 0) is 59.1 Å². The Bertz CT molecular complexity index is 659. The average molecular weight is 415 g/mol. The number of ether oxygens (including phenoxy) is 1. The van der Waals surface area contributed by atoms with Crippen molar-refractivity contribution in [2.75, 3.05) is 0 Å². The van der Waals surface area contributed by atoms with Gasteiger partial charge in [-0.1, -0.05) is 22.0 Å². The zero-order valence-corrected chi connectivity index (χ0v) is 14.4. The Kier molecular flexibility index (Phi) is 4.62. The molecule has 3 rings (SSSR count). The minimum Gasteiger partial charge on any atom is -0.456 e. The highest BCUT2D eigenvalue weighted by Gasteiger charge is 2.22. The molecule has 1 aliphatic rings. The quantitative estimate of drug-likeness (QED) is 0.707.